The van der Waals surface area contributed by atoms with Crippen LogP contribution in [0.4, 0.5) is 0 Å². The summed E-state index contributed by atoms with van der Waals surface area (Å²) in [6.45, 7) is 7.18. The van der Waals surface area contributed by atoms with E-state index < -0.39 is 0 Å². The average molecular weight is 181 g/mol. The van der Waals surface area contributed by atoms with Gasteiger partial charge in [0, 0.05) is 11.6 Å². The molecule has 2 aliphatic rings. The van der Waals surface area contributed by atoms with Gasteiger partial charge in [0.05, 0.1) is 0 Å². The van der Waals surface area contributed by atoms with Crippen LogP contribution in [0.5, 0.6) is 0 Å². The molecule has 3 atom stereocenters. The summed E-state index contributed by atoms with van der Waals surface area (Å²) in [5.41, 5.74) is 0.533. The molecule has 0 aromatic heterocycles. The van der Waals surface area contributed by atoms with E-state index in [0.29, 0.717) is 5.54 Å². The normalized spacial score (nSPS) is 43.2. The summed E-state index contributed by atoms with van der Waals surface area (Å²) in [5, 5.41) is 3.82. The van der Waals surface area contributed by atoms with Crippen molar-refractivity contribution in [3.05, 3.63) is 0 Å². The van der Waals surface area contributed by atoms with Crippen LogP contribution in [0.3, 0.4) is 0 Å². The maximum Gasteiger partial charge on any atom is 0.0157 e. The van der Waals surface area contributed by atoms with Gasteiger partial charge in [-0.05, 0) is 50.9 Å². The highest BCUT2D eigenvalue weighted by molar-refractivity contribution is 5.00. The lowest BCUT2D eigenvalue weighted by Crippen LogP contribution is -2.42. The lowest BCUT2D eigenvalue weighted by atomic mass is 9.79. The largest absolute Gasteiger partial charge is 0.309 e. The Morgan fingerprint density at radius 1 is 1.08 bits per heavy atom. The predicted molar refractivity (Wildman–Crippen MR) is 56.7 cm³/mol. The van der Waals surface area contributed by atoms with Crippen LogP contribution in [0.2, 0.25) is 0 Å². The van der Waals surface area contributed by atoms with Crippen molar-refractivity contribution in [2.24, 2.45) is 11.8 Å². The quantitative estimate of drug-likeness (QED) is 0.690. The van der Waals surface area contributed by atoms with Gasteiger partial charge in [0.25, 0.3) is 0 Å². The van der Waals surface area contributed by atoms with Gasteiger partial charge in [-0.3, -0.25) is 0 Å². The zero-order chi connectivity index (χ0) is 9.47. The first-order chi connectivity index (χ1) is 6.09. The van der Waals surface area contributed by atoms with Crippen LogP contribution in [0.25, 0.3) is 0 Å². The summed E-state index contributed by atoms with van der Waals surface area (Å²) in [6, 6.07) is 0.818. The van der Waals surface area contributed by atoms with Crippen LogP contribution in [0.15, 0.2) is 0 Å². The molecule has 3 unspecified atom stereocenters. The molecule has 0 heterocycles. The van der Waals surface area contributed by atoms with Gasteiger partial charge in [-0.1, -0.05) is 13.8 Å². The first-order valence-corrected chi connectivity index (χ1v) is 5.87. The third-order valence-electron chi connectivity index (χ3n) is 4.15. The van der Waals surface area contributed by atoms with Crippen LogP contribution in [-0.2, 0) is 0 Å². The molecule has 2 aliphatic carbocycles. The zero-order valence-corrected chi connectivity index (χ0v) is 9.27. The highest BCUT2D eigenvalue weighted by atomic mass is 15.0. The van der Waals surface area contributed by atoms with Gasteiger partial charge >= 0.3 is 0 Å². The van der Waals surface area contributed by atoms with Crippen molar-refractivity contribution in [2.45, 2.75) is 64.5 Å². The Bertz CT molecular complexity index is 184. The molecule has 0 spiro atoms. The lowest BCUT2D eigenvalue weighted by molar-refractivity contribution is 0.214. The molecule has 0 aromatic carbocycles. The third-order valence-corrected chi connectivity index (χ3v) is 4.15. The molecule has 1 heteroatoms. The number of rotatable bonds is 2. The summed E-state index contributed by atoms with van der Waals surface area (Å²) in [5.74, 6) is 1.87. The van der Waals surface area contributed by atoms with Crippen LogP contribution < -0.4 is 5.32 Å². The number of hydrogen-bond donors (Lipinski definition) is 1. The topological polar surface area (TPSA) is 12.0 Å². The minimum atomic E-state index is 0.533. The smallest absolute Gasteiger partial charge is 0.0157 e. The molecule has 76 valence electrons. The zero-order valence-electron chi connectivity index (χ0n) is 9.27. The van der Waals surface area contributed by atoms with Crippen LogP contribution >= 0.6 is 0 Å². The minimum Gasteiger partial charge on any atom is -0.309 e. The first-order valence-electron chi connectivity index (χ1n) is 5.87. The van der Waals surface area contributed by atoms with Crippen LogP contribution in [0.1, 0.15) is 52.9 Å². The summed E-state index contributed by atoms with van der Waals surface area (Å²) in [6.07, 6.45) is 7.02. The number of hydrogen-bond acceptors (Lipinski definition) is 1. The molecule has 2 saturated carbocycles. The predicted octanol–water partition coefficient (Wildman–Crippen LogP) is 2.95. The van der Waals surface area contributed by atoms with Crippen molar-refractivity contribution in [3.8, 4) is 0 Å². The van der Waals surface area contributed by atoms with E-state index in [1.165, 1.54) is 32.1 Å². The minimum absolute atomic E-state index is 0.533. The van der Waals surface area contributed by atoms with Gasteiger partial charge in [-0.25, -0.2) is 0 Å². The summed E-state index contributed by atoms with van der Waals surface area (Å²) < 4.78 is 0. The standard InChI is InChI=1S/C12H23N/c1-9-4-5-11(8-10(9)2)13-12(3)6-7-12/h9-11,13H,4-8H2,1-3H3. The van der Waals surface area contributed by atoms with E-state index in [1.807, 2.05) is 0 Å². The summed E-state index contributed by atoms with van der Waals surface area (Å²) in [7, 11) is 0. The second kappa shape index (κ2) is 3.27. The Hall–Kier alpha value is -0.0400. The molecular weight excluding hydrogens is 158 g/mol. The van der Waals surface area contributed by atoms with E-state index in [4.69, 9.17) is 0 Å². The van der Waals surface area contributed by atoms with Crippen molar-refractivity contribution >= 4 is 0 Å². The number of nitrogens with one attached hydrogen (secondary N) is 1. The van der Waals surface area contributed by atoms with E-state index in [-0.39, 0.29) is 0 Å². The van der Waals surface area contributed by atoms with Crippen molar-refractivity contribution in [1.82, 2.24) is 5.32 Å². The maximum absolute atomic E-state index is 3.82. The van der Waals surface area contributed by atoms with Gasteiger partial charge in [0.1, 0.15) is 0 Å². The Morgan fingerprint density at radius 3 is 2.31 bits per heavy atom. The fourth-order valence-electron chi connectivity index (χ4n) is 2.50. The molecule has 0 saturated heterocycles. The lowest BCUT2D eigenvalue weighted by Gasteiger charge is -2.34. The van der Waals surface area contributed by atoms with Gasteiger partial charge < -0.3 is 5.32 Å². The van der Waals surface area contributed by atoms with Crippen molar-refractivity contribution < 1.29 is 0 Å². The van der Waals surface area contributed by atoms with Crippen molar-refractivity contribution in [2.75, 3.05) is 0 Å². The van der Waals surface area contributed by atoms with E-state index in [2.05, 4.69) is 26.1 Å². The molecular formula is C12H23N. The molecule has 0 aliphatic heterocycles. The van der Waals surface area contributed by atoms with E-state index in [9.17, 15) is 0 Å². The van der Waals surface area contributed by atoms with Gasteiger partial charge in [0.2, 0.25) is 0 Å². The molecule has 1 nitrogen and oxygen atoms in total. The Balaban J connectivity index is 1.81. The Labute approximate surface area is 82.3 Å². The van der Waals surface area contributed by atoms with E-state index >= 15 is 0 Å². The Morgan fingerprint density at radius 2 is 1.77 bits per heavy atom. The molecule has 13 heavy (non-hydrogen) atoms. The maximum atomic E-state index is 3.82. The Kier molecular flexibility index (Phi) is 2.39. The third kappa shape index (κ3) is 2.25. The molecule has 0 aromatic rings. The van der Waals surface area contributed by atoms with E-state index in [0.717, 1.165) is 17.9 Å². The molecule has 1 N–H and O–H groups in total. The first kappa shape index (κ1) is 9.51. The molecule has 0 amide bonds. The highest BCUT2D eigenvalue weighted by Crippen LogP contribution is 2.38. The van der Waals surface area contributed by atoms with Gasteiger partial charge in [-0.15, -0.1) is 0 Å². The molecule has 2 rings (SSSR count). The second-order valence-electron chi connectivity index (χ2n) is 5.67. The average Bonchev–Trinajstić information content (AvgIpc) is 2.76. The second-order valence-corrected chi connectivity index (χ2v) is 5.67. The fourth-order valence-corrected chi connectivity index (χ4v) is 2.50. The summed E-state index contributed by atoms with van der Waals surface area (Å²) in [4.78, 5) is 0. The monoisotopic (exact) mass is 181 g/mol. The SMILES string of the molecule is CC1CCC(NC2(C)CC2)CC1C. The van der Waals surface area contributed by atoms with Crippen LogP contribution in [0, 0.1) is 11.8 Å². The summed E-state index contributed by atoms with van der Waals surface area (Å²) >= 11 is 0. The van der Waals surface area contributed by atoms with Gasteiger partial charge in [-0.2, -0.15) is 0 Å². The highest BCUT2D eigenvalue weighted by Gasteiger charge is 2.39. The molecule has 2 fully saturated rings. The van der Waals surface area contributed by atoms with Crippen LogP contribution in [-0.4, -0.2) is 11.6 Å². The van der Waals surface area contributed by atoms with Gasteiger partial charge in [0.15, 0.2) is 0 Å². The molecule has 0 radical (unpaired) electrons. The van der Waals surface area contributed by atoms with Crippen molar-refractivity contribution in [1.29, 1.82) is 0 Å². The fraction of sp³-hybridized carbons (Fsp3) is 1.00. The molecule has 0 bridgehead atoms. The van der Waals surface area contributed by atoms with Crippen molar-refractivity contribution in [3.63, 3.8) is 0 Å². The van der Waals surface area contributed by atoms with E-state index in [1.54, 1.807) is 0 Å².